The van der Waals surface area contributed by atoms with E-state index < -0.39 is 10.1 Å². The van der Waals surface area contributed by atoms with E-state index in [1.165, 1.54) is 88.2 Å². The molecule has 0 amide bonds. The molecule has 0 fully saturated rings. The van der Waals surface area contributed by atoms with Crippen molar-refractivity contribution < 1.29 is 17.7 Å². The maximum Gasteiger partial charge on any atom is 0.264 e. The second-order valence-corrected chi connectivity index (χ2v) is 10.3. The van der Waals surface area contributed by atoms with Crippen molar-refractivity contribution in [1.82, 2.24) is 0 Å². The zero-order valence-corrected chi connectivity index (χ0v) is 20.9. The molecular formula is C26H46O4S. The Bertz CT molecular complexity index is 670. The average molecular weight is 455 g/mol. The molecule has 0 aliphatic carbocycles. The normalized spacial score (nSPS) is 11.7. The minimum Gasteiger partial charge on any atom is -0.493 e. The van der Waals surface area contributed by atoms with Gasteiger partial charge in [-0.3, -0.25) is 4.55 Å². The van der Waals surface area contributed by atoms with Crippen molar-refractivity contribution in [2.75, 3.05) is 12.4 Å². The quantitative estimate of drug-likeness (QED) is 0.163. The largest absolute Gasteiger partial charge is 0.493 e. The number of unbranched alkanes of at least 4 members (excludes halogenated alkanes) is 11. The summed E-state index contributed by atoms with van der Waals surface area (Å²) in [6.45, 7) is 4.99. The summed E-state index contributed by atoms with van der Waals surface area (Å²) in [5.41, 5.74) is 2.76. The second kappa shape index (κ2) is 17.5. The molecule has 0 spiro atoms. The smallest absolute Gasteiger partial charge is 0.264 e. The molecule has 0 unspecified atom stereocenters. The Morgan fingerprint density at radius 1 is 0.742 bits per heavy atom. The molecule has 1 aromatic rings. The standard InChI is InChI=1S/C26H46O4S/c1-3-5-7-9-11-13-18-24-19-17-21-26(30-22-15-16-23-31(27,28)29)25(24)20-14-12-10-8-6-4-2/h17,19,21H,3-16,18,20,22-23H2,1-2H3,(H,27,28,29). The van der Waals surface area contributed by atoms with Gasteiger partial charge in [-0.05, 0) is 55.7 Å². The van der Waals surface area contributed by atoms with Crippen LogP contribution in [0, 0.1) is 0 Å². The molecule has 1 rings (SSSR count). The van der Waals surface area contributed by atoms with Crippen molar-refractivity contribution in [2.24, 2.45) is 0 Å². The van der Waals surface area contributed by atoms with Crippen LogP contribution in [0.4, 0.5) is 0 Å². The van der Waals surface area contributed by atoms with Crippen LogP contribution in [0.3, 0.4) is 0 Å². The molecule has 0 saturated carbocycles. The zero-order valence-electron chi connectivity index (χ0n) is 20.0. The number of benzene rings is 1. The third-order valence-electron chi connectivity index (χ3n) is 5.86. The van der Waals surface area contributed by atoms with E-state index in [1.807, 2.05) is 0 Å². The minimum atomic E-state index is -3.88. The molecule has 0 saturated heterocycles. The second-order valence-electron chi connectivity index (χ2n) is 8.77. The highest BCUT2D eigenvalue weighted by atomic mass is 32.2. The highest BCUT2D eigenvalue weighted by Crippen LogP contribution is 2.27. The first kappa shape index (κ1) is 28.0. The number of rotatable bonds is 20. The number of aryl methyl sites for hydroxylation is 1. The van der Waals surface area contributed by atoms with Crippen LogP contribution in [0.15, 0.2) is 18.2 Å². The SMILES string of the molecule is CCCCCCCCc1cccc(OCCCCS(=O)(=O)O)c1CCCCCCCC. The lowest BCUT2D eigenvalue weighted by Gasteiger charge is -2.16. The first-order valence-electron chi connectivity index (χ1n) is 12.7. The van der Waals surface area contributed by atoms with Crippen LogP contribution >= 0.6 is 0 Å². The highest BCUT2D eigenvalue weighted by molar-refractivity contribution is 7.85. The van der Waals surface area contributed by atoms with Crippen LogP contribution in [0.25, 0.3) is 0 Å². The molecule has 180 valence electrons. The van der Waals surface area contributed by atoms with Crippen molar-refractivity contribution in [1.29, 1.82) is 0 Å². The lowest BCUT2D eigenvalue weighted by atomic mass is 9.95. The van der Waals surface area contributed by atoms with E-state index >= 15 is 0 Å². The monoisotopic (exact) mass is 454 g/mol. The van der Waals surface area contributed by atoms with Gasteiger partial charge in [0.2, 0.25) is 0 Å². The summed E-state index contributed by atoms with van der Waals surface area (Å²) in [7, 11) is -3.88. The Labute approximate surface area is 191 Å². The average Bonchev–Trinajstić information content (AvgIpc) is 2.73. The number of ether oxygens (including phenoxy) is 1. The van der Waals surface area contributed by atoms with Crippen molar-refractivity contribution in [2.45, 2.75) is 117 Å². The van der Waals surface area contributed by atoms with Crippen molar-refractivity contribution in [3.63, 3.8) is 0 Å². The summed E-state index contributed by atoms with van der Waals surface area (Å²) < 4.78 is 36.7. The molecule has 0 aromatic heterocycles. The van der Waals surface area contributed by atoms with Crippen molar-refractivity contribution in [3.8, 4) is 5.75 Å². The fourth-order valence-corrected chi connectivity index (χ4v) is 4.58. The van der Waals surface area contributed by atoms with Gasteiger partial charge in [-0.2, -0.15) is 8.42 Å². The van der Waals surface area contributed by atoms with Gasteiger partial charge in [0.25, 0.3) is 10.1 Å². The van der Waals surface area contributed by atoms with E-state index in [1.54, 1.807) is 0 Å². The summed E-state index contributed by atoms with van der Waals surface area (Å²) in [6, 6.07) is 6.40. The highest BCUT2D eigenvalue weighted by Gasteiger charge is 2.10. The van der Waals surface area contributed by atoms with Gasteiger partial charge >= 0.3 is 0 Å². The van der Waals surface area contributed by atoms with Crippen molar-refractivity contribution >= 4 is 10.1 Å². The van der Waals surface area contributed by atoms with Gasteiger partial charge in [-0.25, -0.2) is 0 Å². The van der Waals surface area contributed by atoms with Crippen LogP contribution in [0.2, 0.25) is 0 Å². The summed E-state index contributed by atoms with van der Waals surface area (Å²) in [5.74, 6) is 0.767. The van der Waals surface area contributed by atoms with Gasteiger partial charge in [0.15, 0.2) is 0 Å². The summed E-state index contributed by atoms with van der Waals surface area (Å²) >= 11 is 0. The first-order valence-corrected chi connectivity index (χ1v) is 14.3. The third-order valence-corrected chi connectivity index (χ3v) is 6.67. The minimum absolute atomic E-state index is 0.195. The van der Waals surface area contributed by atoms with Gasteiger partial charge in [0, 0.05) is 0 Å². The fraction of sp³-hybridized carbons (Fsp3) is 0.769. The van der Waals surface area contributed by atoms with Crippen LogP contribution in [-0.4, -0.2) is 25.3 Å². The lowest BCUT2D eigenvalue weighted by Crippen LogP contribution is -2.07. The van der Waals surface area contributed by atoms with Crippen LogP contribution in [0.1, 0.15) is 115 Å². The van der Waals surface area contributed by atoms with E-state index in [0.717, 1.165) is 18.6 Å². The topological polar surface area (TPSA) is 63.6 Å². The van der Waals surface area contributed by atoms with Gasteiger partial charge < -0.3 is 4.74 Å². The van der Waals surface area contributed by atoms with Gasteiger partial charge in [-0.15, -0.1) is 0 Å². The van der Waals surface area contributed by atoms with E-state index in [2.05, 4.69) is 32.0 Å². The molecule has 0 aliphatic heterocycles. The first-order chi connectivity index (χ1) is 15.0. The van der Waals surface area contributed by atoms with Crippen LogP contribution in [-0.2, 0) is 23.0 Å². The molecular weight excluding hydrogens is 408 g/mol. The molecule has 1 aromatic carbocycles. The Kier molecular flexibility index (Phi) is 15.8. The maximum absolute atomic E-state index is 10.9. The molecule has 5 heteroatoms. The van der Waals surface area contributed by atoms with E-state index in [0.29, 0.717) is 19.4 Å². The van der Waals surface area contributed by atoms with Crippen molar-refractivity contribution in [3.05, 3.63) is 29.3 Å². The summed E-state index contributed by atoms with van der Waals surface area (Å²) in [5, 5.41) is 0. The van der Waals surface area contributed by atoms with Crippen LogP contribution in [0.5, 0.6) is 5.75 Å². The molecule has 0 bridgehead atoms. The van der Waals surface area contributed by atoms with Gasteiger partial charge in [0.1, 0.15) is 5.75 Å². The molecule has 0 heterocycles. The predicted molar refractivity (Wildman–Crippen MR) is 132 cm³/mol. The zero-order chi connectivity index (χ0) is 22.8. The molecule has 0 aliphatic rings. The van der Waals surface area contributed by atoms with Gasteiger partial charge in [0.05, 0.1) is 12.4 Å². The Hall–Kier alpha value is -1.07. The summed E-state index contributed by atoms with van der Waals surface area (Å²) in [4.78, 5) is 0. The Morgan fingerprint density at radius 3 is 1.94 bits per heavy atom. The van der Waals surface area contributed by atoms with Crippen LogP contribution < -0.4 is 4.74 Å². The molecule has 4 nitrogen and oxygen atoms in total. The lowest BCUT2D eigenvalue weighted by molar-refractivity contribution is 0.305. The van der Waals surface area contributed by atoms with E-state index in [9.17, 15) is 8.42 Å². The third kappa shape index (κ3) is 14.6. The molecule has 1 N–H and O–H groups in total. The van der Waals surface area contributed by atoms with E-state index in [4.69, 9.17) is 9.29 Å². The molecule has 0 atom stereocenters. The predicted octanol–water partition coefficient (Wildman–Crippen LogP) is 7.54. The van der Waals surface area contributed by atoms with Gasteiger partial charge in [-0.1, -0.05) is 90.2 Å². The fourth-order valence-electron chi connectivity index (χ4n) is 4.01. The molecule has 31 heavy (non-hydrogen) atoms. The summed E-state index contributed by atoms with van der Waals surface area (Å²) in [6.07, 6.45) is 18.7. The number of hydrogen-bond acceptors (Lipinski definition) is 3. The Morgan fingerprint density at radius 2 is 1.32 bits per heavy atom. The maximum atomic E-state index is 10.9. The Balaban J connectivity index is 2.61. The molecule has 0 radical (unpaired) electrons. The number of hydrogen-bond donors (Lipinski definition) is 1. The van der Waals surface area contributed by atoms with E-state index in [-0.39, 0.29) is 5.75 Å².